The van der Waals surface area contributed by atoms with E-state index in [1.807, 2.05) is 18.2 Å². The number of aliphatic hydroxyl groups excluding tert-OH is 1. The van der Waals surface area contributed by atoms with Gasteiger partial charge in [-0.3, -0.25) is 0 Å². The minimum Gasteiger partial charge on any atom is -0.414 e. The van der Waals surface area contributed by atoms with Crippen LogP contribution in [-0.2, 0) is 15.8 Å². The summed E-state index contributed by atoms with van der Waals surface area (Å²) < 4.78 is 12.4. The molecule has 0 radical (unpaired) electrons. The van der Waals surface area contributed by atoms with Crippen molar-refractivity contribution in [1.82, 2.24) is 0 Å². The van der Waals surface area contributed by atoms with Crippen LogP contribution < -0.4 is 0 Å². The fraction of sp³-hybridized carbons (Fsp3) is 0.619. The van der Waals surface area contributed by atoms with Gasteiger partial charge in [-0.1, -0.05) is 57.2 Å². The second kappa shape index (κ2) is 10.3. The van der Waals surface area contributed by atoms with Gasteiger partial charge in [0.25, 0.3) is 0 Å². The molecule has 1 rings (SSSR count). The van der Waals surface area contributed by atoms with Crippen LogP contribution in [0.25, 0.3) is 0 Å². The monoisotopic (exact) mass is 364 g/mol. The van der Waals surface area contributed by atoms with Crippen LogP contribution in [0, 0.1) is 0 Å². The first-order valence-electron chi connectivity index (χ1n) is 9.24. The molecular weight excluding hydrogens is 328 g/mol. The summed E-state index contributed by atoms with van der Waals surface area (Å²) in [6, 6.07) is 10.2. The van der Waals surface area contributed by atoms with Gasteiger partial charge in [-0.25, -0.2) is 0 Å². The Hall–Kier alpha value is -0.943. The Kier molecular flexibility index (Phi) is 9.07. The third kappa shape index (κ3) is 8.32. The molecule has 4 heteroatoms. The molecule has 1 aromatic rings. The van der Waals surface area contributed by atoms with Crippen molar-refractivity contribution in [3.8, 4) is 0 Å². The second-order valence-electron chi connectivity index (χ2n) is 8.24. The molecule has 0 amide bonds. The molecule has 3 nitrogen and oxygen atoms in total. The molecule has 0 heterocycles. The summed E-state index contributed by atoms with van der Waals surface area (Å²) in [4.78, 5) is 0. The molecule has 0 aromatic heterocycles. The van der Waals surface area contributed by atoms with Gasteiger partial charge in [0.2, 0.25) is 0 Å². The molecule has 0 unspecified atom stereocenters. The van der Waals surface area contributed by atoms with E-state index in [-0.39, 0.29) is 11.1 Å². The quantitative estimate of drug-likeness (QED) is 0.328. The van der Waals surface area contributed by atoms with Crippen molar-refractivity contribution in [2.24, 2.45) is 0 Å². The molecule has 0 aliphatic rings. The Morgan fingerprint density at radius 3 is 2.40 bits per heavy atom. The molecule has 0 saturated heterocycles. The highest BCUT2D eigenvalue weighted by Crippen LogP contribution is 2.38. The van der Waals surface area contributed by atoms with E-state index in [1.54, 1.807) is 6.08 Å². The maximum absolute atomic E-state index is 10.2. The van der Waals surface area contributed by atoms with Crippen molar-refractivity contribution in [2.45, 2.75) is 77.0 Å². The van der Waals surface area contributed by atoms with Gasteiger partial charge in [-0.15, -0.1) is 6.58 Å². The molecule has 0 aliphatic heterocycles. The summed E-state index contributed by atoms with van der Waals surface area (Å²) in [7, 11) is -1.87. The summed E-state index contributed by atoms with van der Waals surface area (Å²) in [5.74, 6) is 0. The van der Waals surface area contributed by atoms with Gasteiger partial charge in [0.1, 0.15) is 0 Å². The van der Waals surface area contributed by atoms with Crippen LogP contribution in [0.5, 0.6) is 0 Å². The topological polar surface area (TPSA) is 38.7 Å². The maximum atomic E-state index is 10.2. The third-order valence-corrected chi connectivity index (χ3v) is 9.47. The van der Waals surface area contributed by atoms with E-state index in [1.165, 1.54) is 5.56 Å². The number of benzene rings is 1. The van der Waals surface area contributed by atoms with Crippen LogP contribution in [-0.4, -0.2) is 32.2 Å². The number of hydrogen-bond donors (Lipinski definition) is 1. The fourth-order valence-electron chi connectivity index (χ4n) is 2.39. The van der Waals surface area contributed by atoms with Crippen LogP contribution in [0.4, 0.5) is 0 Å². The van der Waals surface area contributed by atoms with Crippen LogP contribution in [0.3, 0.4) is 0 Å². The summed E-state index contributed by atoms with van der Waals surface area (Å²) in [6.45, 7) is 16.2. The Bertz CT molecular complexity index is 494. The molecule has 1 N–H and O–H groups in total. The third-order valence-electron chi connectivity index (χ3n) is 4.94. The van der Waals surface area contributed by atoms with E-state index in [0.717, 1.165) is 6.42 Å². The highest BCUT2D eigenvalue weighted by molar-refractivity contribution is 6.74. The Morgan fingerprint density at radius 1 is 1.20 bits per heavy atom. The van der Waals surface area contributed by atoms with E-state index in [2.05, 4.69) is 52.6 Å². The number of rotatable bonds is 11. The zero-order valence-electron chi connectivity index (χ0n) is 16.6. The smallest absolute Gasteiger partial charge is 0.192 e. The number of aliphatic hydroxyl groups is 1. The van der Waals surface area contributed by atoms with Gasteiger partial charge >= 0.3 is 0 Å². The lowest BCUT2D eigenvalue weighted by Gasteiger charge is -2.39. The average molecular weight is 365 g/mol. The molecule has 0 spiro atoms. The standard InChI is InChI=1S/C21H36O3Si/c1-7-11-19(22)16-20(24-25(5,6)21(2,3)4)14-15-23-17-18-12-9-8-10-13-18/h7-10,12-13,19-20,22H,1,11,14-17H2,2-6H3/t19-,20+/m0/s1. The van der Waals surface area contributed by atoms with Gasteiger partial charge in [-0.05, 0) is 43.0 Å². The van der Waals surface area contributed by atoms with Gasteiger partial charge < -0.3 is 14.3 Å². The van der Waals surface area contributed by atoms with Crippen molar-refractivity contribution < 1.29 is 14.3 Å². The Balaban J connectivity index is 2.56. The maximum Gasteiger partial charge on any atom is 0.192 e. The first kappa shape index (κ1) is 22.1. The molecule has 0 fully saturated rings. The predicted octanol–water partition coefficient (Wildman–Crippen LogP) is 5.31. The highest BCUT2D eigenvalue weighted by Gasteiger charge is 2.39. The van der Waals surface area contributed by atoms with E-state index >= 15 is 0 Å². The van der Waals surface area contributed by atoms with E-state index in [0.29, 0.717) is 26.1 Å². The van der Waals surface area contributed by atoms with Gasteiger partial charge in [-0.2, -0.15) is 0 Å². The van der Waals surface area contributed by atoms with Crippen LogP contribution in [0.15, 0.2) is 43.0 Å². The highest BCUT2D eigenvalue weighted by atomic mass is 28.4. The van der Waals surface area contributed by atoms with Crippen LogP contribution in [0.1, 0.15) is 45.6 Å². The molecular formula is C21H36O3Si. The lowest BCUT2D eigenvalue weighted by atomic mass is 10.1. The average Bonchev–Trinajstić information content (AvgIpc) is 2.51. The van der Waals surface area contributed by atoms with E-state index < -0.39 is 14.4 Å². The van der Waals surface area contributed by atoms with Crippen molar-refractivity contribution >= 4 is 8.32 Å². The minimum atomic E-state index is -1.87. The van der Waals surface area contributed by atoms with E-state index in [4.69, 9.17) is 9.16 Å². The second-order valence-corrected chi connectivity index (χ2v) is 13.0. The fourth-order valence-corrected chi connectivity index (χ4v) is 3.79. The van der Waals surface area contributed by atoms with Crippen molar-refractivity contribution in [3.05, 3.63) is 48.6 Å². The molecule has 0 saturated carbocycles. The van der Waals surface area contributed by atoms with E-state index in [9.17, 15) is 5.11 Å². The SMILES string of the molecule is C=CC[C@H](O)C[C@@H](CCOCc1ccccc1)O[Si](C)(C)C(C)(C)C. The van der Waals surface area contributed by atoms with Crippen LogP contribution in [0.2, 0.25) is 18.1 Å². The number of ether oxygens (including phenoxy) is 1. The van der Waals surface area contributed by atoms with Crippen molar-refractivity contribution in [2.75, 3.05) is 6.61 Å². The summed E-state index contributed by atoms with van der Waals surface area (Å²) in [5, 5.41) is 10.3. The zero-order valence-corrected chi connectivity index (χ0v) is 17.6. The van der Waals surface area contributed by atoms with Gasteiger partial charge in [0.05, 0.1) is 12.7 Å². The summed E-state index contributed by atoms with van der Waals surface area (Å²) in [5.41, 5.74) is 1.18. The lowest BCUT2D eigenvalue weighted by Crippen LogP contribution is -2.44. The lowest BCUT2D eigenvalue weighted by molar-refractivity contribution is 0.0475. The van der Waals surface area contributed by atoms with Gasteiger partial charge in [0, 0.05) is 12.7 Å². The normalized spacial score (nSPS) is 15.0. The molecule has 142 valence electrons. The summed E-state index contributed by atoms with van der Waals surface area (Å²) in [6.07, 6.45) is 3.41. The minimum absolute atomic E-state index is 0.0200. The predicted molar refractivity (Wildman–Crippen MR) is 108 cm³/mol. The Morgan fingerprint density at radius 2 is 1.84 bits per heavy atom. The molecule has 2 atom stereocenters. The Labute approximate surface area is 155 Å². The first-order chi connectivity index (χ1) is 11.7. The largest absolute Gasteiger partial charge is 0.414 e. The molecule has 0 bridgehead atoms. The van der Waals surface area contributed by atoms with Crippen LogP contribution >= 0.6 is 0 Å². The van der Waals surface area contributed by atoms with Gasteiger partial charge in [0.15, 0.2) is 8.32 Å². The summed E-state index contributed by atoms with van der Waals surface area (Å²) >= 11 is 0. The molecule has 1 aromatic carbocycles. The molecule has 25 heavy (non-hydrogen) atoms. The molecule has 0 aliphatic carbocycles. The number of hydrogen-bond acceptors (Lipinski definition) is 3. The first-order valence-corrected chi connectivity index (χ1v) is 12.1. The zero-order chi connectivity index (χ0) is 18.9. The van der Waals surface area contributed by atoms with Crippen molar-refractivity contribution in [1.29, 1.82) is 0 Å². The van der Waals surface area contributed by atoms with Crippen molar-refractivity contribution in [3.63, 3.8) is 0 Å².